The number of benzene rings is 2. The molecule has 0 aromatic heterocycles. The summed E-state index contributed by atoms with van der Waals surface area (Å²) in [6.07, 6.45) is 2.15. The van der Waals surface area contributed by atoms with Gasteiger partial charge in [-0.15, -0.1) is 0 Å². The molecule has 1 heterocycles. The van der Waals surface area contributed by atoms with Crippen LogP contribution in [0.25, 0.3) is 16.3 Å². The molecule has 1 atom stereocenters. The van der Waals surface area contributed by atoms with E-state index in [1.165, 1.54) is 5.57 Å². The minimum atomic E-state index is -0.706. The van der Waals surface area contributed by atoms with Crippen LogP contribution in [0, 0.1) is 0 Å². The van der Waals surface area contributed by atoms with E-state index in [2.05, 4.69) is 25.9 Å². The number of nitrogen functional groups attached to an aromatic ring is 1. The van der Waals surface area contributed by atoms with Crippen molar-refractivity contribution in [2.24, 2.45) is 5.73 Å². The van der Waals surface area contributed by atoms with Crippen LogP contribution >= 0.6 is 0 Å². The first kappa shape index (κ1) is 14.3. The van der Waals surface area contributed by atoms with Gasteiger partial charge in [0.25, 0.3) is 0 Å². The predicted octanol–water partition coefficient (Wildman–Crippen LogP) is 2.58. The van der Waals surface area contributed by atoms with E-state index in [1.807, 2.05) is 25.1 Å². The summed E-state index contributed by atoms with van der Waals surface area (Å²) in [6, 6.07) is 10.1. The fourth-order valence-corrected chi connectivity index (χ4v) is 5.44. The Kier molecular flexibility index (Phi) is 3.81. The predicted molar refractivity (Wildman–Crippen MR) is 88.8 cm³/mol. The van der Waals surface area contributed by atoms with Crippen molar-refractivity contribution in [2.75, 3.05) is 5.73 Å². The Bertz CT molecular complexity index is 793. The summed E-state index contributed by atoms with van der Waals surface area (Å²) >= 11 is -0.706. The molecule has 0 saturated heterocycles. The van der Waals surface area contributed by atoms with Crippen LogP contribution in [0.4, 0.5) is 5.69 Å². The van der Waals surface area contributed by atoms with Gasteiger partial charge in [-0.25, -0.2) is 0 Å². The first-order valence-corrected chi connectivity index (χ1v) is 10.7. The van der Waals surface area contributed by atoms with E-state index >= 15 is 0 Å². The third kappa shape index (κ3) is 2.48. The normalized spacial score (nSPS) is 14.8. The molecule has 0 bridgehead atoms. The monoisotopic (exact) mass is 379 g/mol. The molecule has 0 unspecified atom stereocenters. The quantitative estimate of drug-likeness (QED) is 0.806. The van der Waals surface area contributed by atoms with Gasteiger partial charge in [0.05, 0.1) is 0 Å². The first-order chi connectivity index (χ1) is 10.1. The molecule has 1 aliphatic rings. The van der Waals surface area contributed by atoms with Crippen molar-refractivity contribution in [3.8, 4) is 0 Å². The van der Waals surface area contributed by atoms with Crippen LogP contribution in [0.5, 0.6) is 0 Å². The van der Waals surface area contributed by atoms with Gasteiger partial charge in [0, 0.05) is 0 Å². The minimum absolute atomic E-state index is 0.345. The van der Waals surface area contributed by atoms with Crippen molar-refractivity contribution in [2.45, 2.75) is 12.8 Å². The number of primary amides is 1. The zero-order chi connectivity index (χ0) is 15.0. The first-order valence-electron chi connectivity index (χ1n) is 6.92. The summed E-state index contributed by atoms with van der Waals surface area (Å²) in [6.45, 7) is 1.83. The molecule has 3 nitrogen and oxygen atoms in total. The number of nitrogens with two attached hydrogens (primary N) is 2. The summed E-state index contributed by atoms with van der Waals surface area (Å²) in [5.41, 5.74) is 15.7. The van der Waals surface area contributed by atoms with E-state index in [1.54, 1.807) is 0 Å². The molecule has 0 fully saturated rings. The second kappa shape index (κ2) is 5.60. The van der Waals surface area contributed by atoms with E-state index in [4.69, 9.17) is 11.5 Å². The van der Waals surface area contributed by atoms with Crippen LogP contribution in [0.1, 0.15) is 24.0 Å². The third-order valence-electron chi connectivity index (χ3n) is 3.96. The van der Waals surface area contributed by atoms with Gasteiger partial charge in [-0.2, -0.15) is 0 Å². The van der Waals surface area contributed by atoms with E-state index < -0.39 is 28.8 Å². The standard InChI is InChI=1S/C17H16N2O.In/c1-4-10(2)14-9-12-7-5-6-8-13(12)16(18)15(14)11(3)17(19)20;/h1-2,4-9,11H,18H2,3H3,(H2,19,20);/t11-;/m0./s1. The van der Waals surface area contributed by atoms with Crippen LogP contribution in [0.2, 0.25) is 0 Å². The van der Waals surface area contributed by atoms with Crippen LogP contribution in [0.3, 0.4) is 0 Å². The maximum atomic E-state index is 11.7. The molecule has 3 rings (SSSR count). The van der Waals surface area contributed by atoms with Crippen LogP contribution in [-0.4, -0.2) is 28.8 Å². The number of anilines is 1. The summed E-state index contributed by atoms with van der Waals surface area (Å²) < 4.78 is 4.62. The Morgan fingerprint density at radius 3 is 2.71 bits per heavy atom. The molecular formula is C17H16InN2O. The molecular weight excluding hydrogens is 363 g/mol. The molecule has 21 heavy (non-hydrogen) atoms. The number of carbonyl (C=O) groups is 1. The van der Waals surface area contributed by atoms with E-state index in [9.17, 15) is 4.79 Å². The maximum absolute atomic E-state index is 11.7. The number of fused-ring (bicyclic) bond motifs is 1. The Balaban J connectivity index is 2.35. The Morgan fingerprint density at radius 1 is 1.29 bits per heavy atom. The summed E-state index contributed by atoms with van der Waals surface area (Å²) in [5.74, 6) is -0.741. The molecule has 1 aliphatic heterocycles. The number of rotatable bonds is 3. The van der Waals surface area contributed by atoms with Gasteiger partial charge in [0.1, 0.15) is 0 Å². The molecule has 2 aromatic carbocycles. The second-order valence-corrected chi connectivity index (χ2v) is 8.42. The van der Waals surface area contributed by atoms with Crippen LogP contribution in [0.15, 0.2) is 44.1 Å². The average molecular weight is 379 g/mol. The summed E-state index contributed by atoms with van der Waals surface area (Å²) in [5, 5.41) is 2.08. The molecule has 103 valence electrons. The van der Waals surface area contributed by atoms with Gasteiger partial charge in [-0.05, 0) is 0 Å². The molecule has 4 heteroatoms. The van der Waals surface area contributed by atoms with Crippen molar-refractivity contribution in [1.29, 1.82) is 0 Å². The van der Waals surface area contributed by atoms with Crippen molar-refractivity contribution in [1.82, 2.24) is 0 Å². The van der Waals surface area contributed by atoms with E-state index in [-0.39, 0.29) is 5.91 Å². The Labute approximate surface area is 135 Å². The summed E-state index contributed by atoms with van der Waals surface area (Å²) in [4.78, 5) is 11.7. The fraction of sp³-hybridized carbons (Fsp3) is 0.118. The fourth-order valence-electron chi connectivity index (χ4n) is 2.79. The van der Waals surface area contributed by atoms with Gasteiger partial charge in [0.2, 0.25) is 0 Å². The van der Waals surface area contributed by atoms with E-state index in [0.29, 0.717) is 5.69 Å². The molecule has 4 N–H and O–H groups in total. The SMILES string of the molecule is C[C@H](C(N)=O)c1c(C2=[CH][In][CH]=C2)cc2ccccc2c1N. The van der Waals surface area contributed by atoms with Crippen molar-refractivity contribution >= 4 is 50.8 Å². The van der Waals surface area contributed by atoms with Crippen molar-refractivity contribution in [3.63, 3.8) is 0 Å². The van der Waals surface area contributed by atoms with Crippen LogP contribution < -0.4 is 11.5 Å². The van der Waals surface area contributed by atoms with Gasteiger partial charge >= 0.3 is 135 Å². The average Bonchev–Trinajstić information content (AvgIpc) is 3.00. The number of carbonyl (C=O) groups excluding carboxylic acids is 1. The van der Waals surface area contributed by atoms with Gasteiger partial charge < -0.3 is 0 Å². The van der Waals surface area contributed by atoms with Gasteiger partial charge in [0.15, 0.2) is 0 Å². The number of amides is 1. The molecule has 0 aliphatic carbocycles. The number of allylic oxidation sites excluding steroid dienone is 2. The zero-order valence-electron chi connectivity index (χ0n) is 11.8. The molecule has 1 amide bonds. The zero-order valence-corrected chi connectivity index (χ0v) is 15.1. The molecule has 1 radical (unpaired) electrons. The summed E-state index contributed by atoms with van der Waals surface area (Å²) in [7, 11) is 0. The molecule has 2 aromatic rings. The van der Waals surface area contributed by atoms with Gasteiger partial charge in [-0.3, -0.25) is 0 Å². The second-order valence-electron chi connectivity index (χ2n) is 5.27. The van der Waals surface area contributed by atoms with Crippen molar-refractivity contribution in [3.05, 3.63) is 55.2 Å². The third-order valence-corrected chi connectivity index (χ3v) is 6.72. The topological polar surface area (TPSA) is 69.1 Å². The Morgan fingerprint density at radius 2 is 2.05 bits per heavy atom. The Hall–Kier alpha value is -1.68. The van der Waals surface area contributed by atoms with Crippen molar-refractivity contribution < 1.29 is 4.79 Å². The molecule has 0 spiro atoms. The van der Waals surface area contributed by atoms with Crippen LogP contribution in [-0.2, 0) is 4.79 Å². The number of hydrogen-bond donors (Lipinski definition) is 2. The molecule has 0 saturated carbocycles. The van der Waals surface area contributed by atoms with Gasteiger partial charge in [-0.1, -0.05) is 0 Å². The number of hydrogen-bond acceptors (Lipinski definition) is 2. The van der Waals surface area contributed by atoms with E-state index in [0.717, 1.165) is 21.9 Å².